The second kappa shape index (κ2) is 19.3. The summed E-state index contributed by atoms with van der Waals surface area (Å²) in [7, 11) is 0. The Balaban J connectivity index is 0.000000226. The van der Waals surface area contributed by atoms with Gasteiger partial charge in [0, 0.05) is 42.5 Å². The molecule has 11 rings (SSSR count). The zero-order valence-corrected chi connectivity index (χ0v) is 44.6. The number of pyridine rings is 2. The second-order valence-electron chi connectivity index (χ2n) is 20.2. The minimum atomic E-state index is -1.86. The minimum Gasteiger partial charge on any atom is -0.486 e. The number of rotatable bonds is 9. The van der Waals surface area contributed by atoms with Crippen LogP contribution in [0.2, 0.25) is 17.3 Å². The van der Waals surface area contributed by atoms with E-state index in [1.165, 1.54) is 64.0 Å². The van der Waals surface area contributed by atoms with E-state index in [1.54, 1.807) is 4.40 Å². The average Bonchev–Trinajstić information content (AvgIpc) is 4.09. The predicted octanol–water partition coefficient (Wildman–Crippen LogP) is 15.8. The van der Waals surface area contributed by atoms with Gasteiger partial charge in [-0.1, -0.05) is 105 Å². The van der Waals surface area contributed by atoms with Crippen LogP contribution in [0.3, 0.4) is 0 Å². The van der Waals surface area contributed by atoms with E-state index in [9.17, 15) is 0 Å². The maximum absolute atomic E-state index is 6.72. The van der Waals surface area contributed by atoms with E-state index in [2.05, 4.69) is 178 Å². The van der Waals surface area contributed by atoms with Crippen LogP contribution in [-0.2, 0) is 26.5 Å². The van der Waals surface area contributed by atoms with E-state index < -0.39 is 13.3 Å². The molecule has 0 N–H and O–H groups in total. The zero-order valence-electron chi connectivity index (χ0n) is 40.1. The van der Waals surface area contributed by atoms with Crippen LogP contribution in [0.1, 0.15) is 89.0 Å². The molecule has 7 heteroatoms. The fourth-order valence-electron chi connectivity index (χ4n) is 10.6. The van der Waals surface area contributed by atoms with Crippen molar-refractivity contribution in [1.82, 2.24) is 19.5 Å². The summed E-state index contributed by atoms with van der Waals surface area (Å²) in [6.45, 7) is 11.5. The first-order valence-corrected chi connectivity index (χ1v) is 31.4. The molecule has 6 aromatic carbocycles. The zero-order chi connectivity index (χ0) is 45.7. The van der Waals surface area contributed by atoms with Crippen molar-refractivity contribution in [1.29, 1.82) is 0 Å². The van der Waals surface area contributed by atoms with Crippen molar-refractivity contribution in [2.24, 2.45) is 11.8 Å². The van der Waals surface area contributed by atoms with Crippen LogP contribution in [0.25, 0.3) is 83.0 Å². The van der Waals surface area contributed by atoms with E-state index >= 15 is 0 Å². The summed E-state index contributed by atoms with van der Waals surface area (Å²) >= 11 is -1.86. The monoisotopic (exact) mass is 1120 g/mol. The first-order valence-electron chi connectivity index (χ1n) is 24.1. The number of imidazole rings is 1. The summed E-state index contributed by atoms with van der Waals surface area (Å²) in [5, 5.41) is 7.07. The van der Waals surface area contributed by atoms with Crippen LogP contribution in [0.5, 0.6) is 0 Å². The molecule has 0 bridgehead atoms. The molecule has 1 aliphatic rings. The Kier molecular flexibility index (Phi) is 13.5. The molecule has 67 heavy (non-hydrogen) atoms. The van der Waals surface area contributed by atoms with Gasteiger partial charge in [-0.15, -0.1) is 18.2 Å². The van der Waals surface area contributed by atoms with Crippen molar-refractivity contribution in [3.63, 3.8) is 0 Å². The molecule has 0 spiro atoms. The number of benzene rings is 6. The molecule has 4 heterocycles. The quantitative estimate of drug-likeness (QED) is 0.0821. The van der Waals surface area contributed by atoms with Crippen LogP contribution in [0.4, 0.5) is 0 Å². The Bertz CT molecular complexity index is 3370. The third-order valence-corrected chi connectivity index (χ3v) is 18.2. The predicted molar refractivity (Wildman–Crippen MR) is 280 cm³/mol. The molecule has 0 aliphatic heterocycles. The number of hydrogen-bond acceptors (Lipinski definition) is 4. The first-order chi connectivity index (χ1) is 32.0. The number of fused-ring (bicyclic) bond motifs is 7. The first kappa shape index (κ1) is 46.7. The Morgan fingerprint density at radius 3 is 2.09 bits per heavy atom. The fraction of sp³-hybridized carbons (Fsp3) is 0.283. The van der Waals surface area contributed by atoms with Gasteiger partial charge in [-0.05, 0) is 70.7 Å². The molecule has 4 aromatic heterocycles. The molecule has 0 saturated heterocycles. The van der Waals surface area contributed by atoms with Crippen LogP contribution >= 0.6 is 0 Å². The van der Waals surface area contributed by atoms with Gasteiger partial charge in [0.05, 0.1) is 28.1 Å². The van der Waals surface area contributed by atoms with Gasteiger partial charge in [0.25, 0.3) is 0 Å². The standard InChI is InChI=1S/C42H36N3O.C18H24GeN.Ir/c1-25(2)38-30-17-8-6-15-28(30)29-16-7-9-18-31(29)39(38)45-37-22-11-10-21-36(37)43-41(45)34-20-12-19-32-33-23-24-35(44-42(33)46-40(32)34)26(3)27-13-4-5-14-27;1-14(2)11-16-12-18(15-9-7-6-8-10-15)20-13-17(16)19(3,4)5;/h6-12,15-19,21-27H,4-5,13-14H2,1-3H3;6-9,12-14H,11H2,1-5H3;/q2*-1;. The van der Waals surface area contributed by atoms with Crippen LogP contribution in [0.15, 0.2) is 138 Å². The fourth-order valence-corrected chi connectivity index (χ4v) is 14.0. The summed E-state index contributed by atoms with van der Waals surface area (Å²) in [4.78, 5) is 15.1. The number of aromatic nitrogens is 4. The van der Waals surface area contributed by atoms with Crippen LogP contribution < -0.4 is 4.40 Å². The second-order valence-corrected chi connectivity index (χ2v) is 30.8. The number of furan rings is 1. The van der Waals surface area contributed by atoms with Crippen molar-refractivity contribution in [3.05, 3.63) is 163 Å². The summed E-state index contributed by atoms with van der Waals surface area (Å²) < 4.78 is 10.6. The van der Waals surface area contributed by atoms with Crippen molar-refractivity contribution >= 4 is 72.3 Å². The molecular weight excluding hydrogens is 1060 g/mol. The number of para-hydroxylation sites is 2. The minimum absolute atomic E-state index is 0. The Morgan fingerprint density at radius 2 is 1.39 bits per heavy atom. The van der Waals surface area contributed by atoms with Gasteiger partial charge in [0.2, 0.25) is 5.71 Å². The van der Waals surface area contributed by atoms with E-state index in [0.29, 0.717) is 23.5 Å². The SMILES string of the molecule is CC(C)Cc1cc(-c2[c-]cccc2)nc[c]1[Ge]([CH3])([CH3])[CH3].CC(C)c1c(-n2c(-c3[c-]ccc4c3oc3nc(C(C)C5CCCC5)ccc34)nc3ccccc32)c2ccccc2c2ccccc12.[Ir]. The molecular formula is C60H60GeIrN4O-2. The molecule has 10 aromatic rings. The van der Waals surface area contributed by atoms with Gasteiger partial charge in [-0.2, -0.15) is 0 Å². The third kappa shape index (κ3) is 8.94. The molecule has 1 atom stereocenters. The Morgan fingerprint density at radius 1 is 0.701 bits per heavy atom. The molecule has 1 radical (unpaired) electrons. The van der Waals surface area contributed by atoms with Gasteiger partial charge in [-0.3, -0.25) is 4.98 Å². The van der Waals surface area contributed by atoms with Gasteiger partial charge < -0.3 is 8.98 Å². The molecule has 1 saturated carbocycles. The maximum Gasteiger partial charge on any atom is 0.216 e. The van der Waals surface area contributed by atoms with Crippen molar-refractivity contribution in [2.45, 2.75) is 95.8 Å². The van der Waals surface area contributed by atoms with Crippen molar-refractivity contribution in [2.75, 3.05) is 0 Å². The summed E-state index contributed by atoms with van der Waals surface area (Å²) in [6.07, 6.45) is 8.50. The van der Waals surface area contributed by atoms with Gasteiger partial charge in [-0.25, -0.2) is 4.98 Å². The molecule has 1 aliphatic carbocycles. The third-order valence-electron chi connectivity index (χ3n) is 13.8. The smallest absolute Gasteiger partial charge is 0.216 e. The van der Waals surface area contributed by atoms with E-state index in [-0.39, 0.29) is 26.0 Å². The molecule has 0 amide bonds. The molecule has 1 fully saturated rings. The number of nitrogens with zero attached hydrogens (tertiary/aromatic N) is 4. The van der Waals surface area contributed by atoms with Crippen LogP contribution in [-0.4, -0.2) is 32.8 Å². The Labute approximate surface area is 412 Å². The van der Waals surface area contributed by atoms with E-state index in [1.807, 2.05) is 24.3 Å². The van der Waals surface area contributed by atoms with Crippen molar-refractivity contribution in [3.8, 4) is 28.3 Å². The number of hydrogen-bond donors (Lipinski definition) is 0. The molecule has 1 unspecified atom stereocenters. The molecule has 341 valence electrons. The van der Waals surface area contributed by atoms with Crippen molar-refractivity contribution < 1.29 is 24.5 Å². The topological polar surface area (TPSA) is 56.7 Å². The summed E-state index contributed by atoms with van der Waals surface area (Å²) in [6, 6.07) is 51.8. The van der Waals surface area contributed by atoms with Gasteiger partial charge >= 0.3 is 126 Å². The summed E-state index contributed by atoms with van der Waals surface area (Å²) in [5.74, 6) is 10.2. The van der Waals surface area contributed by atoms with E-state index in [4.69, 9.17) is 19.4 Å². The largest absolute Gasteiger partial charge is 0.486 e. The van der Waals surface area contributed by atoms with E-state index in [0.717, 1.165) is 62.1 Å². The summed E-state index contributed by atoms with van der Waals surface area (Å²) in [5.41, 5.74) is 11.6. The normalized spacial score (nSPS) is 13.8. The van der Waals surface area contributed by atoms with Crippen LogP contribution in [0, 0.1) is 24.0 Å². The van der Waals surface area contributed by atoms with Gasteiger partial charge in [0.15, 0.2) is 0 Å². The molecule has 5 nitrogen and oxygen atoms in total. The maximum atomic E-state index is 6.72. The van der Waals surface area contributed by atoms with Gasteiger partial charge in [0.1, 0.15) is 0 Å². The average molecular weight is 1120 g/mol. The Hall–Kier alpha value is -5.40.